The molecule has 3 rings (SSSR count). The number of ether oxygens (including phenoxy) is 1. The Kier molecular flexibility index (Phi) is 5.84. The number of carbonyl (C=O) groups excluding carboxylic acids is 2. The van der Waals surface area contributed by atoms with Crippen LogP contribution in [0.3, 0.4) is 0 Å². The molecule has 1 heterocycles. The molecule has 6 heteroatoms. The van der Waals surface area contributed by atoms with E-state index in [2.05, 4.69) is 0 Å². The number of benzene rings is 1. The molecule has 0 radical (unpaired) electrons. The lowest BCUT2D eigenvalue weighted by atomic mass is 9.88. The van der Waals surface area contributed by atoms with Crippen molar-refractivity contribution in [2.75, 3.05) is 33.3 Å². The molecule has 1 aromatic carbocycles. The van der Waals surface area contributed by atoms with Gasteiger partial charge in [0, 0.05) is 37.7 Å². The summed E-state index contributed by atoms with van der Waals surface area (Å²) >= 11 is 6.11. The zero-order valence-electron chi connectivity index (χ0n) is 14.7. The molecule has 25 heavy (non-hydrogen) atoms. The number of rotatable bonds is 3. The molecule has 0 N–H and O–H groups in total. The molecule has 5 nitrogen and oxygen atoms in total. The number of nitrogens with zero attached hydrogens (tertiary/aromatic N) is 2. The molecular weight excluding hydrogens is 340 g/mol. The van der Waals surface area contributed by atoms with Crippen LogP contribution in [-0.2, 0) is 4.79 Å². The third-order valence-corrected chi connectivity index (χ3v) is 5.53. The second kappa shape index (κ2) is 8.09. The van der Waals surface area contributed by atoms with Crippen molar-refractivity contribution in [3.8, 4) is 5.75 Å². The maximum atomic E-state index is 12.7. The average Bonchev–Trinajstić information content (AvgIpc) is 2.67. The van der Waals surface area contributed by atoms with E-state index in [1.807, 2.05) is 4.90 Å². The molecule has 1 saturated carbocycles. The van der Waals surface area contributed by atoms with Crippen molar-refractivity contribution in [2.24, 2.45) is 5.92 Å². The van der Waals surface area contributed by atoms with Gasteiger partial charge in [-0.2, -0.15) is 0 Å². The number of halogens is 1. The number of amides is 2. The summed E-state index contributed by atoms with van der Waals surface area (Å²) in [5, 5.41) is 0.430. The fraction of sp³-hybridized carbons (Fsp3) is 0.579. The van der Waals surface area contributed by atoms with E-state index in [-0.39, 0.29) is 17.7 Å². The van der Waals surface area contributed by atoms with E-state index in [1.54, 1.807) is 30.2 Å². The Labute approximate surface area is 153 Å². The summed E-state index contributed by atoms with van der Waals surface area (Å²) in [6.07, 6.45) is 5.60. The van der Waals surface area contributed by atoms with Crippen molar-refractivity contribution >= 4 is 23.4 Å². The van der Waals surface area contributed by atoms with Gasteiger partial charge in [0.25, 0.3) is 5.91 Å². The van der Waals surface area contributed by atoms with Crippen molar-refractivity contribution in [1.29, 1.82) is 0 Å². The maximum Gasteiger partial charge on any atom is 0.254 e. The maximum absolute atomic E-state index is 12.7. The van der Waals surface area contributed by atoms with E-state index in [0.717, 1.165) is 25.7 Å². The van der Waals surface area contributed by atoms with E-state index >= 15 is 0 Å². The van der Waals surface area contributed by atoms with Gasteiger partial charge in [-0.1, -0.05) is 30.9 Å². The molecule has 1 aliphatic heterocycles. The smallest absolute Gasteiger partial charge is 0.254 e. The van der Waals surface area contributed by atoms with Crippen LogP contribution in [0.2, 0.25) is 5.02 Å². The van der Waals surface area contributed by atoms with Crippen LogP contribution in [0.1, 0.15) is 42.5 Å². The van der Waals surface area contributed by atoms with Gasteiger partial charge in [0.2, 0.25) is 5.91 Å². The van der Waals surface area contributed by atoms with E-state index in [9.17, 15) is 9.59 Å². The summed E-state index contributed by atoms with van der Waals surface area (Å²) in [7, 11) is 1.55. The lowest BCUT2D eigenvalue weighted by molar-refractivity contribution is -0.138. The molecular formula is C19H25ClN2O3. The van der Waals surface area contributed by atoms with Gasteiger partial charge in [-0.15, -0.1) is 0 Å². The Balaban J connectivity index is 1.57. The summed E-state index contributed by atoms with van der Waals surface area (Å²) in [6, 6.07) is 5.08. The summed E-state index contributed by atoms with van der Waals surface area (Å²) in [6.45, 7) is 2.37. The standard InChI is InChI=1S/C19H25ClN2O3/c1-25-17-8-7-15(13-16(17)20)19(24)22-11-9-21(10-12-22)18(23)14-5-3-2-4-6-14/h7-8,13-14H,2-6,9-12H2,1H3. The first-order valence-corrected chi connectivity index (χ1v) is 9.39. The van der Waals surface area contributed by atoms with Crippen LogP contribution in [0, 0.1) is 5.92 Å². The minimum Gasteiger partial charge on any atom is -0.495 e. The second-order valence-corrected chi connectivity index (χ2v) is 7.21. The second-order valence-electron chi connectivity index (χ2n) is 6.80. The quantitative estimate of drug-likeness (QED) is 0.827. The predicted molar refractivity (Wildman–Crippen MR) is 97.1 cm³/mol. The Morgan fingerprint density at radius 1 is 1.04 bits per heavy atom. The molecule has 2 fully saturated rings. The first-order chi connectivity index (χ1) is 12.1. The Morgan fingerprint density at radius 2 is 1.68 bits per heavy atom. The molecule has 136 valence electrons. The molecule has 0 aromatic heterocycles. The van der Waals surface area contributed by atoms with Crippen LogP contribution in [0.4, 0.5) is 0 Å². The highest BCUT2D eigenvalue weighted by Crippen LogP contribution is 2.27. The average molecular weight is 365 g/mol. The van der Waals surface area contributed by atoms with Gasteiger partial charge in [0.1, 0.15) is 5.75 Å². The number of methoxy groups -OCH3 is 1. The zero-order valence-corrected chi connectivity index (χ0v) is 15.4. The van der Waals surface area contributed by atoms with Crippen LogP contribution in [-0.4, -0.2) is 54.9 Å². The first kappa shape index (κ1) is 18.1. The van der Waals surface area contributed by atoms with Gasteiger partial charge in [-0.3, -0.25) is 9.59 Å². The van der Waals surface area contributed by atoms with E-state index in [4.69, 9.17) is 16.3 Å². The third-order valence-electron chi connectivity index (χ3n) is 5.23. The SMILES string of the molecule is COc1ccc(C(=O)N2CCN(C(=O)C3CCCCC3)CC2)cc1Cl. The molecule has 0 unspecified atom stereocenters. The Hall–Kier alpha value is -1.75. The Morgan fingerprint density at radius 3 is 2.28 bits per heavy atom. The van der Waals surface area contributed by atoms with Crippen LogP contribution >= 0.6 is 11.6 Å². The highest BCUT2D eigenvalue weighted by molar-refractivity contribution is 6.32. The molecule has 0 atom stereocenters. The van der Waals surface area contributed by atoms with Gasteiger partial charge >= 0.3 is 0 Å². The lowest BCUT2D eigenvalue weighted by Gasteiger charge is -2.37. The van der Waals surface area contributed by atoms with Gasteiger partial charge in [-0.05, 0) is 31.0 Å². The fourth-order valence-electron chi connectivity index (χ4n) is 3.72. The van der Waals surface area contributed by atoms with Gasteiger partial charge < -0.3 is 14.5 Å². The van der Waals surface area contributed by atoms with Crippen molar-refractivity contribution < 1.29 is 14.3 Å². The normalized spacial score (nSPS) is 19.0. The number of hydrogen-bond donors (Lipinski definition) is 0. The number of piperazine rings is 1. The molecule has 2 amide bonds. The van der Waals surface area contributed by atoms with E-state index in [1.165, 1.54) is 6.42 Å². The molecule has 1 aliphatic carbocycles. The number of hydrogen-bond acceptors (Lipinski definition) is 3. The Bertz CT molecular complexity index is 636. The minimum absolute atomic E-state index is 0.0469. The van der Waals surface area contributed by atoms with Crippen LogP contribution in [0.25, 0.3) is 0 Å². The van der Waals surface area contributed by atoms with Crippen molar-refractivity contribution in [3.63, 3.8) is 0 Å². The van der Waals surface area contributed by atoms with Gasteiger partial charge in [0.05, 0.1) is 12.1 Å². The minimum atomic E-state index is -0.0469. The molecule has 0 spiro atoms. The highest BCUT2D eigenvalue weighted by Gasteiger charge is 2.30. The van der Waals surface area contributed by atoms with Crippen molar-refractivity contribution in [3.05, 3.63) is 28.8 Å². The monoisotopic (exact) mass is 364 g/mol. The number of carbonyl (C=O) groups is 2. The largest absolute Gasteiger partial charge is 0.495 e. The first-order valence-electron chi connectivity index (χ1n) is 9.01. The molecule has 1 saturated heterocycles. The van der Waals surface area contributed by atoms with E-state index < -0.39 is 0 Å². The van der Waals surface area contributed by atoms with E-state index in [0.29, 0.717) is 42.5 Å². The summed E-state index contributed by atoms with van der Waals surface area (Å²) < 4.78 is 5.12. The summed E-state index contributed by atoms with van der Waals surface area (Å²) in [5.41, 5.74) is 0.554. The summed E-state index contributed by atoms with van der Waals surface area (Å²) in [4.78, 5) is 29.0. The lowest BCUT2D eigenvalue weighted by Crippen LogP contribution is -2.52. The predicted octanol–water partition coefficient (Wildman–Crippen LogP) is 3.21. The topological polar surface area (TPSA) is 49.9 Å². The zero-order chi connectivity index (χ0) is 17.8. The highest BCUT2D eigenvalue weighted by atomic mass is 35.5. The molecule has 0 bridgehead atoms. The fourth-order valence-corrected chi connectivity index (χ4v) is 3.98. The van der Waals surface area contributed by atoms with Gasteiger partial charge in [0.15, 0.2) is 0 Å². The van der Waals surface area contributed by atoms with Gasteiger partial charge in [-0.25, -0.2) is 0 Å². The van der Waals surface area contributed by atoms with Crippen LogP contribution in [0.15, 0.2) is 18.2 Å². The van der Waals surface area contributed by atoms with Crippen molar-refractivity contribution in [1.82, 2.24) is 9.80 Å². The summed E-state index contributed by atoms with van der Waals surface area (Å²) in [5.74, 6) is 0.978. The molecule has 1 aromatic rings. The van der Waals surface area contributed by atoms with Crippen LogP contribution < -0.4 is 4.74 Å². The molecule has 2 aliphatic rings. The van der Waals surface area contributed by atoms with Crippen molar-refractivity contribution in [2.45, 2.75) is 32.1 Å². The van der Waals surface area contributed by atoms with Crippen LogP contribution in [0.5, 0.6) is 5.75 Å². The third kappa shape index (κ3) is 4.09.